The third-order valence-electron chi connectivity index (χ3n) is 4.18. The molecule has 1 aromatic carbocycles. The van der Waals surface area contributed by atoms with Gasteiger partial charge in [-0.25, -0.2) is 4.98 Å². The van der Waals surface area contributed by atoms with E-state index in [1.54, 1.807) is 6.20 Å². The number of aromatic nitrogens is 2. The van der Waals surface area contributed by atoms with Crippen LogP contribution in [0.25, 0.3) is 11.0 Å². The van der Waals surface area contributed by atoms with Crippen LogP contribution in [-0.2, 0) is 24.8 Å². The Morgan fingerprint density at radius 3 is 2.79 bits per heavy atom. The third kappa shape index (κ3) is 3.81. The van der Waals surface area contributed by atoms with Crippen LogP contribution in [0.15, 0.2) is 48.7 Å². The van der Waals surface area contributed by atoms with E-state index in [1.807, 2.05) is 31.3 Å². The van der Waals surface area contributed by atoms with Gasteiger partial charge in [0.25, 0.3) is 0 Å². The molecule has 2 aromatic heterocycles. The van der Waals surface area contributed by atoms with Gasteiger partial charge in [0.1, 0.15) is 11.7 Å². The van der Waals surface area contributed by atoms with Crippen LogP contribution >= 0.6 is 0 Å². The minimum atomic E-state index is 0.606. The Bertz CT molecular complexity index is 846. The van der Waals surface area contributed by atoms with Crippen molar-refractivity contribution in [1.29, 1.82) is 5.26 Å². The number of rotatable bonds is 7. The number of fused-ring (bicyclic) bond motifs is 1. The van der Waals surface area contributed by atoms with E-state index in [2.05, 4.69) is 33.8 Å². The van der Waals surface area contributed by atoms with Crippen molar-refractivity contribution in [3.8, 4) is 6.07 Å². The molecule has 0 N–H and O–H groups in total. The van der Waals surface area contributed by atoms with Crippen molar-refractivity contribution in [2.75, 3.05) is 6.61 Å². The summed E-state index contributed by atoms with van der Waals surface area (Å²) >= 11 is 0. The highest BCUT2D eigenvalue weighted by Gasteiger charge is 2.07. The number of nitrogens with zero attached hydrogens (tertiary/aromatic N) is 3. The van der Waals surface area contributed by atoms with E-state index in [-0.39, 0.29) is 0 Å². The zero-order valence-electron chi connectivity index (χ0n) is 13.9. The maximum absolute atomic E-state index is 8.97. The Labute approximate surface area is 142 Å². The SMILES string of the molecule is Cn1c(CCCCOCc2ccccc2)cc2cc(C#N)cnc21. The van der Waals surface area contributed by atoms with E-state index in [4.69, 9.17) is 10.00 Å². The number of aryl methyl sites for hydroxylation is 2. The molecule has 0 atom stereocenters. The highest BCUT2D eigenvalue weighted by atomic mass is 16.5. The number of pyridine rings is 1. The zero-order chi connectivity index (χ0) is 16.8. The van der Waals surface area contributed by atoms with Gasteiger partial charge >= 0.3 is 0 Å². The minimum Gasteiger partial charge on any atom is -0.377 e. The normalized spacial score (nSPS) is 10.8. The zero-order valence-corrected chi connectivity index (χ0v) is 13.9. The lowest BCUT2D eigenvalue weighted by Crippen LogP contribution is -2.00. The summed E-state index contributed by atoms with van der Waals surface area (Å²) in [6.07, 6.45) is 4.72. The summed E-state index contributed by atoms with van der Waals surface area (Å²) in [5.74, 6) is 0. The molecule has 0 aliphatic heterocycles. The third-order valence-corrected chi connectivity index (χ3v) is 4.18. The second-order valence-corrected chi connectivity index (χ2v) is 5.94. The van der Waals surface area contributed by atoms with Gasteiger partial charge in [-0.2, -0.15) is 5.26 Å². The first-order chi connectivity index (χ1) is 11.8. The Morgan fingerprint density at radius 1 is 1.17 bits per heavy atom. The van der Waals surface area contributed by atoms with Crippen LogP contribution in [0.2, 0.25) is 0 Å². The molecule has 122 valence electrons. The molecule has 3 aromatic rings. The summed E-state index contributed by atoms with van der Waals surface area (Å²) in [4.78, 5) is 4.38. The maximum Gasteiger partial charge on any atom is 0.139 e. The number of ether oxygens (including phenoxy) is 1. The molecule has 0 unspecified atom stereocenters. The van der Waals surface area contributed by atoms with Crippen LogP contribution in [0.5, 0.6) is 0 Å². The van der Waals surface area contributed by atoms with Gasteiger partial charge in [-0.05, 0) is 37.0 Å². The van der Waals surface area contributed by atoms with Gasteiger partial charge in [0.2, 0.25) is 0 Å². The highest BCUT2D eigenvalue weighted by Crippen LogP contribution is 2.19. The highest BCUT2D eigenvalue weighted by molar-refractivity contribution is 5.78. The van der Waals surface area contributed by atoms with Crippen molar-refractivity contribution in [2.24, 2.45) is 7.05 Å². The van der Waals surface area contributed by atoms with E-state index < -0.39 is 0 Å². The second kappa shape index (κ2) is 7.76. The molecule has 0 aliphatic rings. The first-order valence-corrected chi connectivity index (χ1v) is 8.24. The van der Waals surface area contributed by atoms with E-state index in [0.29, 0.717) is 12.2 Å². The summed E-state index contributed by atoms with van der Waals surface area (Å²) in [6.45, 7) is 1.45. The molecule has 0 amide bonds. The number of benzene rings is 1. The maximum atomic E-state index is 8.97. The molecular formula is C20H21N3O. The standard InChI is InChI=1S/C20H21N3O/c1-23-19(12-18-11-17(13-21)14-22-20(18)23)9-5-6-10-24-15-16-7-3-2-4-8-16/h2-4,7-8,11-12,14H,5-6,9-10,15H2,1H3. The Morgan fingerprint density at radius 2 is 2.00 bits per heavy atom. The molecule has 0 saturated carbocycles. The fourth-order valence-electron chi connectivity index (χ4n) is 2.85. The lowest BCUT2D eigenvalue weighted by Gasteiger charge is -2.05. The van der Waals surface area contributed by atoms with E-state index in [0.717, 1.165) is 36.9 Å². The lowest BCUT2D eigenvalue weighted by molar-refractivity contribution is 0.117. The lowest BCUT2D eigenvalue weighted by atomic mass is 10.2. The number of nitriles is 1. The summed E-state index contributed by atoms with van der Waals surface area (Å²) in [5, 5.41) is 10.0. The molecule has 0 radical (unpaired) electrons. The number of hydrogen-bond donors (Lipinski definition) is 0. The van der Waals surface area contributed by atoms with Gasteiger partial charge in [0.05, 0.1) is 12.2 Å². The molecule has 24 heavy (non-hydrogen) atoms. The fraction of sp³-hybridized carbons (Fsp3) is 0.300. The average molecular weight is 319 g/mol. The molecule has 2 heterocycles. The smallest absolute Gasteiger partial charge is 0.139 e. The van der Waals surface area contributed by atoms with Gasteiger partial charge in [-0.15, -0.1) is 0 Å². The van der Waals surface area contributed by atoms with E-state index in [1.165, 1.54) is 11.3 Å². The summed E-state index contributed by atoms with van der Waals surface area (Å²) in [7, 11) is 2.03. The molecular weight excluding hydrogens is 298 g/mol. The molecule has 4 heteroatoms. The van der Waals surface area contributed by atoms with Crippen molar-refractivity contribution in [1.82, 2.24) is 9.55 Å². The molecule has 0 bridgehead atoms. The van der Waals surface area contributed by atoms with Gasteiger partial charge in [0.15, 0.2) is 0 Å². The first-order valence-electron chi connectivity index (χ1n) is 8.24. The monoisotopic (exact) mass is 319 g/mol. The Hall–Kier alpha value is -2.64. The number of hydrogen-bond acceptors (Lipinski definition) is 3. The van der Waals surface area contributed by atoms with E-state index >= 15 is 0 Å². The topological polar surface area (TPSA) is 50.8 Å². The predicted octanol–water partition coefficient (Wildman–Crippen LogP) is 3.98. The molecule has 4 nitrogen and oxygen atoms in total. The molecule has 0 fully saturated rings. The van der Waals surface area contributed by atoms with Gasteiger partial charge in [-0.1, -0.05) is 30.3 Å². The van der Waals surface area contributed by atoms with Crippen molar-refractivity contribution in [3.63, 3.8) is 0 Å². The Balaban J connectivity index is 1.47. The van der Waals surface area contributed by atoms with Gasteiger partial charge in [-0.3, -0.25) is 0 Å². The summed E-state index contributed by atoms with van der Waals surface area (Å²) in [5.41, 5.74) is 4.00. The van der Waals surface area contributed by atoms with Gasteiger partial charge < -0.3 is 9.30 Å². The van der Waals surface area contributed by atoms with Crippen molar-refractivity contribution in [3.05, 3.63) is 65.5 Å². The Kier molecular flexibility index (Phi) is 5.25. The van der Waals surface area contributed by atoms with Crippen LogP contribution in [0.1, 0.15) is 29.7 Å². The summed E-state index contributed by atoms with van der Waals surface area (Å²) in [6, 6.07) is 16.4. The summed E-state index contributed by atoms with van der Waals surface area (Å²) < 4.78 is 7.83. The minimum absolute atomic E-state index is 0.606. The first kappa shape index (κ1) is 16.2. The molecule has 0 spiro atoms. The van der Waals surface area contributed by atoms with Crippen LogP contribution in [0, 0.1) is 11.3 Å². The van der Waals surface area contributed by atoms with Crippen LogP contribution in [-0.4, -0.2) is 16.2 Å². The van der Waals surface area contributed by atoms with Crippen LogP contribution in [0.3, 0.4) is 0 Å². The number of unbranched alkanes of at least 4 members (excludes halogenated alkanes) is 1. The fourth-order valence-corrected chi connectivity index (χ4v) is 2.85. The average Bonchev–Trinajstić information content (AvgIpc) is 2.94. The molecule has 3 rings (SSSR count). The van der Waals surface area contributed by atoms with Gasteiger partial charge in [0, 0.05) is 30.9 Å². The predicted molar refractivity (Wildman–Crippen MR) is 94.5 cm³/mol. The molecule has 0 aliphatic carbocycles. The van der Waals surface area contributed by atoms with Crippen molar-refractivity contribution < 1.29 is 4.74 Å². The van der Waals surface area contributed by atoms with Crippen LogP contribution < -0.4 is 0 Å². The second-order valence-electron chi connectivity index (χ2n) is 5.94. The van der Waals surface area contributed by atoms with Crippen LogP contribution in [0.4, 0.5) is 0 Å². The van der Waals surface area contributed by atoms with Crippen molar-refractivity contribution >= 4 is 11.0 Å². The van der Waals surface area contributed by atoms with E-state index in [9.17, 15) is 0 Å². The quantitative estimate of drug-likeness (QED) is 0.619. The largest absolute Gasteiger partial charge is 0.377 e. The molecule has 0 saturated heterocycles. The van der Waals surface area contributed by atoms with Crippen molar-refractivity contribution in [2.45, 2.75) is 25.9 Å².